The number of likely N-dealkylation sites (tertiary alicyclic amines) is 1. The first-order valence-corrected chi connectivity index (χ1v) is 13.0. The zero-order valence-corrected chi connectivity index (χ0v) is 19.9. The number of carbonyl (C=O) groups is 2. The first-order valence-electron chi connectivity index (χ1n) is 13.0. The number of nitrogens with zero attached hydrogens (tertiary/aromatic N) is 1. The lowest BCUT2D eigenvalue weighted by molar-refractivity contribution is -0.131. The smallest absolute Gasteiger partial charge is 0.336 e. The summed E-state index contributed by atoms with van der Waals surface area (Å²) in [7, 11) is 0. The number of fused-ring (bicyclic) bond motifs is 1. The largest absolute Gasteiger partial charge is 0.508 e. The fourth-order valence-electron chi connectivity index (χ4n) is 7.64. The lowest BCUT2D eigenvalue weighted by Crippen LogP contribution is -2.62. The molecule has 186 valence electrons. The van der Waals surface area contributed by atoms with E-state index in [9.17, 15) is 19.5 Å². The van der Waals surface area contributed by atoms with Gasteiger partial charge in [-0.2, -0.15) is 0 Å². The Kier molecular flexibility index (Phi) is 5.49. The number of carbonyl (C=O) groups excluding carboxylic acids is 2. The summed E-state index contributed by atoms with van der Waals surface area (Å²) in [6.45, 7) is 1.14. The SMILES string of the molecule is O=C(NC1CCN(C(=O)Cc2cc(=O)oc3cc(O)ccc23)CC1)NC12CC3CC(CC(C3)C1)C2. The second kappa shape index (κ2) is 8.57. The van der Waals surface area contributed by atoms with E-state index in [0.717, 1.165) is 37.0 Å². The number of nitrogens with one attached hydrogen (secondary N) is 2. The summed E-state index contributed by atoms with van der Waals surface area (Å²) in [6, 6.07) is 5.91. The number of rotatable bonds is 4. The molecule has 1 aromatic carbocycles. The minimum absolute atomic E-state index is 0.00253. The first kappa shape index (κ1) is 22.4. The molecule has 8 nitrogen and oxygen atoms in total. The molecule has 4 aliphatic carbocycles. The standard InChI is InChI=1S/C27H33N3O5/c31-21-1-2-22-19(11-25(33)35-23(22)12-21)10-24(32)30-5-3-20(4-6-30)28-26(34)29-27-13-16-7-17(14-27)9-18(8-16)15-27/h1-2,11-12,16-18,20,31H,3-10,13-15H2,(H2,28,29,34). The van der Waals surface area contributed by atoms with Crippen molar-refractivity contribution in [3.8, 4) is 5.75 Å². The molecule has 1 aromatic heterocycles. The van der Waals surface area contributed by atoms with E-state index in [0.29, 0.717) is 36.9 Å². The molecular formula is C27H33N3O5. The molecule has 4 saturated carbocycles. The van der Waals surface area contributed by atoms with Crippen LogP contribution in [0.15, 0.2) is 33.5 Å². The van der Waals surface area contributed by atoms with Gasteiger partial charge in [0.25, 0.3) is 0 Å². The van der Waals surface area contributed by atoms with E-state index in [1.807, 2.05) is 0 Å². The fourth-order valence-corrected chi connectivity index (χ4v) is 7.64. The molecule has 4 bridgehead atoms. The number of urea groups is 1. The van der Waals surface area contributed by atoms with E-state index in [2.05, 4.69) is 10.6 Å². The van der Waals surface area contributed by atoms with Gasteiger partial charge in [-0.3, -0.25) is 4.79 Å². The van der Waals surface area contributed by atoms with Gasteiger partial charge >= 0.3 is 11.7 Å². The molecular weight excluding hydrogens is 446 g/mol. The van der Waals surface area contributed by atoms with Crippen molar-refractivity contribution in [3.63, 3.8) is 0 Å². The van der Waals surface area contributed by atoms with Gasteiger partial charge in [0.1, 0.15) is 11.3 Å². The van der Waals surface area contributed by atoms with Crippen molar-refractivity contribution in [1.29, 1.82) is 0 Å². The lowest BCUT2D eigenvalue weighted by Gasteiger charge is -2.56. The zero-order chi connectivity index (χ0) is 24.2. The number of phenolic OH excluding ortho intramolecular Hbond substituents is 1. The number of hydrogen-bond donors (Lipinski definition) is 3. The van der Waals surface area contributed by atoms with E-state index >= 15 is 0 Å². The molecule has 0 spiro atoms. The van der Waals surface area contributed by atoms with Crippen LogP contribution in [0.3, 0.4) is 0 Å². The molecule has 8 heteroatoms. The molecule has 3 N–H and O–H groups in total. The Hall–Kier alpha value is -3.03. The molecule has 1 saturated heterocycles. The molecule has 5 aliphatic rings. The molecule has 0 radical (unpaired) electrons. The molecule has 7 rings (SSSR count). The van der Waals surface area contributed by atoms with Gasteiger partial charge in [-0.1, -0.05) is 0 Å². The Balaban J connectivity index is 1.03. The van der Waals surface area contributed by atoms with Crippen LogP contribution in [0.4, 0.5) is 4.79 Å². The first-order chi connectivity index (χ1) is 16.8. The summed E-state index contributed by atoms with van der Waals surface area (Å²) in [6.07, 6.45) is 8.96. The maximum atomic E-state index is 13.0. The van der Waals surface area contributed by atoms with Crippen LogP contribution in [-0.2, 0) is 11.2 Å². The lowest BCUT2D eigenvalue weighted by atomic mass is 9.53. The van der Waals surface area contributed by atoms with Gasteiger partial charge in [0.05, 0.1) is 6.42 Å². The average Bonchev–Trinajstić information content (AvgIpc) is 2.77. The van der Waals surface area contributed by atoms with Gasteiger partial charge in [0.2, 0.25) is 5.91 Å². The van der Waals surface area contributed by atoms with Crippen LogP contribution in [0.25, 0.3) is 11.0 Å². The summed E-state index contributed by atoms with van der Waals surface area (Å²) in [5, 5.41) is 16.9. The second-order valence-corrected chi connectivity index (χ2v) is 11.4. The Morgan fingerprint density at radius 3 is 2.34 bits per heavy atom. The van der Waals surface area contributed by atoms with Crippen molar-refractivity contribution in [2.45, 2.75) is 69.4 Å². The van der Waals surface area contributed by atoms with Crippen molar-refractivity contribution in [3.05, 3.63) is 40.2 Å². The quantitative estimate of drug-likeness (QED) is 0.583. The number of aromatic hydroxyl groups is 1. The van der Waals surface area contributed by atoms with Crippen molar-refractivity contribution in [2.75, 3.05) is 13.1 Å². The number of piperidine rings is 1. The normalized spacial score (nSPS) is 29.9. The van der Waals surface area contributed by atoms with E-state index in [1.54, 1.807) is 11.0 Å². The highest BCUT2D eigenvalue weighted by Gasteiger charge is 2.51. The topological polar surface area (TPSA) is 112 Å². The maximum absolute atomic E-state index is 13.0. The summed E-state index contributed by atoms with van der Waals surface area (Å²) >= 11 is 0. The van der Waals surface area contributed by atoms with E-state index in [4.69, 9.17) is 4.42 Å². The third-order valence-corrected chi connectivity index (χ3v) is 8.76. The average molecular weight is 480 g/mol. The summed E-state index contributed by atoms with van der Waals surface area (Å²) in [5.41, 5.74) is 0.320. The van der Waals surface area contributed by atoms with Crippen molar-refractivity contribution in [1.82, 2.24) is 15.5 Å². The van der Waals surface area contributed by atoms with Crippen molar-refractivity contribution in [2.24, 2.45) is 17.8 Å². The minimum atomic E-state index is -0.543. The van der Waals surface area contributed by atoms with E-state index < -0.39 is 5.63 Å². The van der Waals surface area contributed by atoms with Gasteiger partial charge in [0.15, 0.2) is 0 Å². The van der Waals surface area contributed by atoms with Gasteiger partial charge < -0.3 is 25.1 Å². The summed E-state index contributed by atoms with van der Waals surface area (Å²) < 4.78 is 5.16. The minimum Gasteiger partial charge on any atom is -0.508 e. The van der Waals surface area contributed by atoms with Crippen LogP contribution in [0, 0.1) is 17.8 Å². The molecule has 0 atom stereocenters. The van der Waals surface area contributed by atoms with Crippen molar-refractivity contribution >= 4 is 22.9 Å². The Labute approximate surface area is 204 Å². The zero-order valence-electron chi connectivity index (χ0n) is 19.9. The van der Waals surface area contributed by atoms with Crippen LogP contribution >= 0.6 is 0 Å². The number of amides is 3. The molecule has 2 heterocycles. The van der Waals surface area contributed by atoms with E-state index in [1.165, 1.54) is 37.5 Å². The van der Waals surface area contributed by atoms with E-state index in [-0.39, 0.29) is 41.3 Å². The predicted octanol–water partition coefficient (Wildman–Crippen LogP) is 3.30. The molecule has 1 aliphatic heterocycles. The summed E-state index contributed by atoms with van der Waals surface area (Å²) in [5.74, 6) is 2.31. The number of benzene rings is 1. The van der Waals surface area contributed by atoms with Gasteiger partial charge in [-0.15, -0.1) is 0 Å². The Bertz CT molecular complexity index is 1180. The van der Waals surface area contributed by atoms with Crippen LogP contribution in [0.1, 0.15) is 56.9 Å². The molecule has 35 heavy (non-hydrogen) atoms. The van der Waals surface area contributed by atoms with Crippen LogP contribution < -0.4 is 16.3 Å². The maximum Gasteiger partial charge on any atom is 0.336 e. The monoisotopic (exact) mass is 479 g/mol. The molecule has 5 fully saturated rings. The van der Waals surface area contributed by atoms with Crippen LogP contribution in [-0.4, -0.2) is 46.6 Å². The predicted molar refractivity (Wildman–Crippen MR) is 130 cm³/mol. The number of hydrogen-bond acceptors (Lipinski definition) is 5. The Morgan fingerprint density at radius 1 is 1.03 bits per heavy atom. The number of phenols is 1. The Morgan fingerprint density at radius 2 is 1.69 bits per heavy atom. The second-order valence-electron chi connectivity index (χ2n) is 11.4. The van der Waals surface area contributed by atoms with Gasteiger partial charge in [0, 0.05) is 42.2 Å². The van der Waals surface area contributed by atoms with Gasteiger partial charge in [-0.25, -0.2) is 9.59 Å². The molecule has 0 unspecified atom stereocenters. The third-order valence-electron chi connectivity index (χ3n) is 8.76. The fraction of sp³-hybridized carbons (Fsp3) is 0.593. The molecule has 2 aromatic rings. The van der Waals surface area contributed by atoms with Crippen LogP contribution in [0.5, 0.6) is 5.75 Å². The highest BCUT2D eigenvalue weighted by atomic mass is 16.4. The third kappa shape index (κ3) is 4.50. The molecule has 3 amide bonds. The highest BCUT2D eigenvalue weighted by molar-refractivity contribution is 5.87. The van der Waals surface area contributed by atoms with Gasteiger partial charge in [-0.05, 0) is 86.8 Å². The summed E-state index contributed by atoms with van der Waals surface area (Å²) in [4.78, 5) is 39.6. The van der Waals surface area contributed by atoms with Crippen LogP contribution in [0.2, 0.25) is 0 Å². The highest BCUT2D eigenvalue weighted by Crippen LogP contribution is 2.55. The van der Waals surface area contributed by atoms with Crippen molar-refractivity contribution < 1.29 is 19.1 Å².